The molecular weight excluding hydrogens is 222 g/mol. The summed E-state index contributed by atoms with van der Waals surface area (Å²) in [6.07, 6.45) is 3.90. The van der Waals surface area contributed by atoms with Crippen molar-refractivity contribution in [3.63, 3.8) is 0 Å². The van der Waals surface area contributed by atoms with Gasteiger partial charge in [-0.3, -0.25) is 4.79 Å². The molecule has 0 bridgehead atoms. The normalized spacial score (nSPS) is 30.5. The maximum Gasteiger partial charge on any atom is 0.335 e. The van der Waals surface area contributed by atoms with Crippen LogP contribution in [-0.2, 0) is 9.59 Å². The summed E-state index contributed by atoms with van der Waals surface area (Å²) in [6, 6.07) is 0. The first-order chi connectivity index (χ1) is 6.63. The van der Waals surface area contributed by atoms with Crippen molar-refractivity contribution in [1.29, 1.82) is 0 Å². The number of amides is 1. The summed E-state index contributed by atoms with van der Waals surface area (Å²) >= 11 is 3.04. The molecule has 2 heterocycles. The van der Waals surface area contributed by atoms with Gasteiger partial charge in [0, 0.05) is 6.20 Å². The number of carbonyl (C=O) groups is 2. The highest BCUT2D eigenvalue weighted by Gasteiger charge is 2.42. The van der Waals surface area contributed by atoms with E-state index < -0.39 is 5.97 Å². The molecule has 2 rings (SSSR count). The van der Waals surface area contributed by atoms with Crippen molar-refractivity contribution in [2.45, 2.75) is 16.4 Å². The van der Waals surface area contributed by atoms with E-state index in [2.05, 4.69) is 0 Å². The number of nitrogens with zero attached hydrogens (tertiary/aromatic N) is 1. The average molecular weight is 231 g/mol. The van der Waals surface area contributed by atoms with E-state index in [1.165, 1.54) is 22.9 Å². The molecule has 2 aliphatic rings. The monoisotopic (exact) mass is 231 g/mol. The number of rotatable bonds is 2. The van der Waals surface area contributed by atoms with E-state index in [1.54, 1.807) is 11.8 Å². The van der Waals surface area contributed by atoms with Crippen LogP contribution in [0.3, 0.4) is 0 Å². The van der Waals surface area contributed by atoms with Crippen LogP contribution in [0.1, 0.15) is 6.42 Å². The van der Waals surface area contributed by atoms with Crippen LogP contribution in [0.5, 0.6) is 0 Å². The minimum absolute atomic E-state index is 0.0146. The summed E-state index contributed by atoms with van der Waals surface area (Å²) in [5, 5.41) is 9.08. The zero-order valence-corrected chi connectivity index (χ0v) is 9.10. The molecule has 14 heavy (non-hydrogen) atoms. The van der Waals surface area contributed by atoms with Gasteiger partial charge in [-0.25, -0.2) is 4.79 Å². The van der Waals surface area contributed by atoms with E-state index in [0.29, 0.717) is 12.0 Å². The van der Waals surface area contributed by atoms with Gasteiger partial charge in [-0.1, -0.05) is 0 Å². The highest BCUT2D eigenvalue weighted by atomic mass is 32.2. The third kappa shape index (κ3) is 1.42. The number of thioether (sulfide) groups is 2. The second-order valence-corrected chi connectivity index (χ2v) is 5.58. The molecule has 0 aromatic heterocycles. The number of carbonyl (C=O) groups excluding carboxylic acids is 1. The predicted molar refractivity (Wildman–Crippen MR) is 55.9 cm³/mol. The van der Waals surface area contributed by atoms with Crippen LogP contribution in [0.25, 0.3) is 0 Å². The minimum Gasteiger partial charge on any atom is -0.478 e. The molecule has 1 amide bonds. The van der Waals surface area contributed by atoms with Crippen LogP contribution in [0, 0.1) is 0 Å². The molecule has 1 saturated heterocycles. The number of carboxylic acids is 1. The molecule has 0 aromatic carbocycles. The van der Waals surface area contributed by atoms with Gasteiger partial charge in [-0.2, -0.15) is 0 Å². The third-order valence-corrected chi connectivity index (χ3v) is 5.02. The standard InChI is InChI=1S/C8H9NO3S2/c1-13-8-4(7(11)12)3-9-5(10)2-6(9)14-8/h3,6,8H,2H2,1H3,(H,11,12)/t6-,8?/m1/s1. The molecule has 0 radical (unpaired) electrons. The molecule has 0 saturated carbocycles. The second kappa shape index (κ2) is 3.51. The lowest BCUT2D eigenvalue weighted by Gasteiger charge is -2.42. The van der Waals surface area contributed by atoms with Crippen LogP contribution in [0.2, 0.25) is 0 Å². The summed E-state index contributed by atoms with van der Waals surface area (Å²) in [7, 11) is 0. The number of β-lactam (4-membered cyclic amide) rings is 1. The summed E-state index contributed by atoms with van der Waals surface area (Å²) in [5.41, 5.74) is 0.312. The van der Waals surface area contributed by atoms with Gasteiger partial charge in [0.15, 0.2) is 0 Å². The fourth-order valence-corrected chi connectivity index (χ4v) is 3.82. The third-order valence-electron chi connectivity index (χ3n) is 2.22. The van der Waals surface area contributed by atoms with Gasteiger partial charge in [-0.15, -0.1) is 23.5 Å². The smallest absolute Gasteiger partial charge is 0.335 e. The Kier molecular flexibility index (Phi) is 2.48. The lowest BCUT2D eigenvalue weighted by molar-refractivity contribution is -0.137. The lowest BCUT2D eigenvalue weighted by atomic mass is 10.2. The van der Waals surface area contributed by atoms with Crippen LogP contribution in [0.4, 0.5) is 0 Å². The Morgan fingerprint density at radius 1 is 1.79 bits per heavy atom. The Morgan fingerprint density at radius 2 is 2.50 bits per heavy atom. The average Bonchev–Trinajstić information content (AvgIpc) is 2.14. The number of hydrogen-bond acceptors (Lipinski definition) is 4. The Balaban J connectivity index is 2.25. The number of hydrogen-bond donors (Lipinski definition) is 1. The van der Waals surface area contributed by atoms with Crippen LogP contribution in [-0.4, -0.2) is 38.1 Å². The Morgan fingerprint density at radius 3 is 3.00 bits per heavy atom. The van der Waals surface area contributed by atoms with E-state index >= 15 is 0 Å². The molecule has 2 atom stereocenters. The fourth-order valence-electron chi connectivity index (χ4n) is 1.44. The number of fused-ring (bicyclic) bond motifs is 1. The van der Waals surface area contributed by atoms with Crippen molar-refractivity contribution in [3.8, 4) is 0 Å². The van der Waals surface area contributed by atoms with Crippen LogP contribution in [0.15, 0.2) is 11.8 Å². The highest BCUT2D eigenvalue weighted by Crippen LogP contribution is 2.43. The molecule has 76 valence electrons. The second-order valence-electron chi connectivity index (χ2n) is 3.05. The van der Waals surface area contributed by atoms with E-state index in [4.69, 9.17) is 5.11 Å². The van der Waals surface area contributed by atoms with Gasteiger partial charge in [-0.05, 0) is 6.26 Å². The Bertz CT molecular complexity index is 329. The van der Waals surface area contributed by atoms with Gasteiger partial charge in [0.1, 0.15) is 0 Å². The minimum atomic E-state index is -0.935. The fraction of sp³-hybridized carbons (Fsp3) is 0.500. The maximum atomic E-state index is 11.1. The molecule has 1 fully saturated rings. The van der Waals surface area contributed by atoms with Crippen molar-refractivity contribution < 1.29 is 14.7 Å². The Labute approximate surface area is 89.7 Å². The Hall–Kier alpha value is -0.620. The summed E-state index contributed by atoms with van der Waals surface area (Å²) in [6.45, 7) is 0. The van der Waals surface area contributed by atoms with E-state index in [9.17, 15) is 9.59 Å². The first kappa shape index (κ1) is 9.92. The predicted octanol–water partition coefficient (Wildman–Crippen LogP) is 0.949. The summed E-state index contributed by atoms with van der Waals surface area (Å²) < 4.78 is -0.0538. The van der Waals surface area contributed by atoms with E-state index in [-0.39, 0.29) is 15.9 Å². The lowest BCUT2D eigenvalue weighted by Crippen LogP contribution is -2.50. The van der Waals surface area contributed by atoms with Crippen molar-refractivity contribution in [2.75, 3.05) is 6.26 Å². The summed E-state index contributed by atoms with van der Waals surface area (Å²) in [4.78, 5) is 23.5. The molecule has 6 heteroatoms. The highest BCUT2D eigenvalue weighted by molar-refractivity contribution is 8.17. The molecule has 1 N–H and O–H groups in total. The van der Waals surface area contributed by atoms with Crippen molar-refractivity contribution in [3.05, 3.63) is 11.8 Å². The quantitative estimate of drug-likeness (QED) is 0.717. The largest absolute Gasteiger partial charge is 0.478 e. The van der Waals surface area contributed by atoms with Crippen LogP contribution < -0.4 is 0 Å². The van der Waals surface area contributed by atoms with Gasteiger partial charge in [0.25, 0.3) is 0 Å². The van der Waals surface area contributed by atoms with Gasteiger partial charge >= 0.3 is 5.97 Å². The molecule has 4 nitrogen and oxygen atoms in total. The van der Waals surface area contributed by atoms with Gasteiger partial charge in [0.2, 0.25) is 5.91 Å². The summed E-state index contributed by atoms with van der Waals surface area (Å²) in [5.74, 6) is -0.921. The van der Waals surface area contributed by atoms with Crippen molar-refractivity contribution in [2.24, 2.45) is 0 Å². The van der Waals surface area contributed by atoms with Crippen molar-refractivity contribution in [1.82, 2.24) is 4.90 Å². The molecule has 0 spiro atoms. The van der Waals surface area contributed by atoms with Crippen molar-refractivity contribution >= 4 is 35.4 Å². The molecule has 1 unspecified atom stereocenters. The van der Waals surface area contributed by atoms with E-state index in [1.807, 2.05) is 6.26 Å². The maximum absolute atomic E-state index is 11.1. The molecule has 2 aliphatic heterocycles. The topological polar surface area (TPSA) is 57.6 Å². The SMILES string of the molecule is CSC1S[C@@H]2CC(=O)N2C=C1C(=O)O. The number of carboxylic acid groups (broad SMARTS) is 1. The zero-order valence-electron chi connectivity index (χ0n) is 7.47. The van der Waals surface area contributed by atoms with Gasteiger partial charge < -0.3 is 10.0 Å². The molecular formula is C8H9NO3S2. The molecule has 0 aromatic rings. The first-order valence-electron chi connectivity index (χ1n) is 4.08. The van der Waals surface area contributed by atoms with Gasteiger partial charge in [0.05, 0.1) is 21.9 Å². The number of aliphatic carboxylic acids is 1. The van der Waals surface area contributed by atoms with Crippen LogP contribution >= 0.6 is 23.5 Å². The first-order valence-corrected chi connectivity index (χ1v) is 6.31. The molecule has 0 aliphatic carbocycles. The van der Waals surface area contributed by atoms with E-state index in [0.717, 1.165) is 0 Å². The zero-order chi connectivity index (χ0) is 10.3.